The molecule has 0 fully saturated rings. The highest BCUT2D eigenvalue weighted by Crippen LogP contribution is 2.13. The van der Waals surface area contributed by atoms with Crippen molar-refractivity contribution >= 4 is 46.5 Å². The van der Waals surface area contributed by atoms with E-state index in [0.717, 1.165) is 24.3 Å². The molecule has 11 heteroatoms. The van der Waals surface area contributed by atoms with Crippen LogP contribution in [0.3, 0.4) is 0 Å². The fourth-order valence-corrected chi connectivity index (χ4v) is 4.02. The lowest BCUT2D eigenvalue weighted by molar-refractivity contribution is -0.136. The number of ether oxygens (including phenoxy) is 1. The number of nitrogens with one attached hydrogen (secondary N) is 3. The van der Waals surface area contributed by atoms with Crippen LogP contribution in [-0.2, 0) is 16.1 Å². The lowest BCUT2D eigenvalue weighted by Gasteiger charge is -2.11. The van der Waals surface area contributed by atoms with Crippen molar-refractivity contribution in [3.63, 3.8) is 0 Å². The Bertz CT molecular complexity index is 1210. The van der Waals surface area contributed by atoms with E-state index in [1.54, 1.807) is 38.1 Å². The van der Waals surface area contributed by atoms with E-state index in [1.165, 1.54) is 10.8 Å². The van der Waals surface area contributed by atoms with E-state index in [1.807, 2.05) is 20.2 Å². The predicted octanol–water partition coefficient (Wildman–Crippen LogP) is 1.09. The molecule has 2 aromatic rings. The molecule has 0 bridgehead atoms. The number of carbonyl (C=O) groups is 2. The molecule has 0 spiro atoms. The molecule has 0 aliphatic rings. The highest BCUT2D eigenvalue weighted by molar-refractivity contribution is 7.07. The standard InChI is InChI=1S/C23H30N6O4S/c1-5-29-20(30)19(34-21(29)18(14-24)22(31)33-6-2)15-26-16-8-10-17(11-9-16)27-23(32)25-12-7-13-28(3)4/h8-11,15,26H,5-7,12-13H2,1-4H3,(H2,25,27,32). The number of amides is 2. The molecular weight excluding hydrogens is 456 g/mol. The molecule has 10 nitrogen and oxygen atoms in total. The summed E-state index contributed by atoms with van der Waals surface area (Å²) in [6.07, 6.45) is 2.39. The Hall–Kier alpha value is -3.62. The summed E-state index contributed by atoms with van der Waals surface area (Å²) in [7, 11) is 3.96. The molecule has 0 aliphatic heterocycles. The maximum absolute atomic E-state index is 12.7. The van der Waals surface area contributed by atoms with Gasteiger partial charge in [-0.25, -0.2) is 9.59 Å². The Labute approximate surface area is 202 Å². The van der Waals surface area contributed by atoms with Crippen LogP contribution < -0.4 is 30.7 Å². The number of anilines is 2. The topological polar surface area (TPSA) is 128 Å². The first kappa shape index (κ1) is 26.6. The smallest absolute Gasteiger partial charge is 0.351 e. The monoisotopic (exact) mass is 486 g/mol. The molecule has 0 unspecified atom stereocenters. The highest BCUT2D eigenvalue weighted by atomic mass is 32.1. The van der Waals surface area contributed by atoms with Gasteiger partial charge in [-0.05, 0) is 65.2 Å². The van der Waals surface area contributed by atoms with E-state index in [0.29, 0.717) is 29.0 Å². The minimum atomic E-state index is -0.752. The maximum Gasteiger partial charge on any atom is 0.351 e. The fourth-order valence-electron chi connectivity index (χ4n) is 2.95. The largest absolute Gasteiger partial charge is 0.462 e. The van der Waals surface area contributed by atoms with Gasteiger partial charge in [0.15, 0.2) is 5.57 Å². The van der Waals surface area contributed by atoms with Gasteiger partial charge in [0.1, 0.15) is 15.3 Å². The van der Waals surface area contributed by atoms with Gasteiger partial charge in [0.25, 0.3) is 5.56 Å². The van der Waals surface area contributed by atoms with Crippen LogP contribution in [0.2, 0.25) is 0 Å². The summed E-state index contributed by atoms with van der Waals surface area (Å²) in [4.78, 5) is 38.9. The van der Waals surface area contributed by atoms with Gasteiger partial charge in [-0.15, -0.1) is 11.3 Å². The minimum Gasteiger partial charge on any atom is -0.462 e. The van der Waals surface area contributed by atoms with Crippen molar-refractivity contribution in [3.05, 3.63) is 43.8 Å². The number of esters is 1. The molecule has 1 heterocycles. The van der Waals surface area contributed by atoms with Gasteiger partial charge in [0, 0.05) is 30.7 Å². The van der Waals surface area contributed by atoms with Crippen molar-refractivity contribution in [1.29, 1.82) is 5.26 Å². The molecule has 1 aromatic heterocycles. The van der Waals surface area contributed by atoms with Gasteiger partial charge >= 0.3 is 12.0 Å². The average Bonchev–Trinajstić information content (AvgIpc) is 3.11. The van der Waals surface area contributed by atoms with Gasteiger partial charge in [-0.2, -0.15) is 5.26 Å². The summed E-state index contributed by atoms with van der Waals surface area (Å²) in [5.74, 6) is -0.752. The Kier molecular flexibility index (Phi) is 10.3. The summed E-state index contributed by atoms with van der Waals surface area (Å²) in [6.45, 7) is 5.33. The van der Waals surface area contributed by atoms with Gasteiger partial charge in [-0.1, -0.05) is 0 Å². The van der Waals surface area contributed by atoms with Crippen molar-refractivity contribution in [2.75, 3.05) is 44.4 Å². The number of nitriles is 1. The van der Waals surface area contributed by atoms with Crippen LogP contribution in [0.1, 0.15) is 20.3 Å². The third kappa shape index (κ3) is 7.47. The number of urea groups is 1. The molecule has 34 heavy (non-hydrogen) atoms. The first-order valence-electron chi connectivity index (χ1n) is 10.9. The van der Waals surface area contributed by atoms with Crippen LogP contribution in [0.5, 0.6) is 0 Å². The second-order valence-electron chi connectivity index (χ2n) is 7.43. The Balaban J connectivity index is 2.13. The highest BCUT2D eigenvalue weighted by Gasteiger charge is 2.16. The molecule has 0 saturated heterocycles. The van der Waals surface area contributed by atoms with E-state index in [2.05, 4.69) is 20.9 Å². The van der Waals surface area contributed by atoms with Crippen molar-refractivity contribution in [2.45, 2.75) is 26.8 Å². The Morgan fingerprint density at radius 2 is 1.88 bits per heavy atom. The van der Waals surface area contributed by atoms with Gasteiger partial charge in [0.05, 0.1) is 6.61 Å². The first-order chi connectivity index (χ1) is 16.3. The zero-order valence-corrected chi connectivity index (χ0v) is 20.6. The van der Waals surface area contributed by atoms with E-state index in [4.69, 9.17) is 4.74 Å². The van der Waals surface area contributed by atoms with Crippen LogP contribution in [0.25, 0.3) is 11.8 Å². The molecular formula is C23H30N6O4S. The molecule has 1 aromatic carbocycles. The zero-order chi connectivity index (χ0) is 25.1. The SMILES string of the molecule is CCOC(=O)C(C#N)=c1sc(=CNc2ccc(NC(=O)NCCCN(C)C)cc2)c(=O)n1CC. The summed E-state index contributed by atoms with van der Waals surface area (Å²) in [6, 6.07) is 8.57. The van der Waals surface area contributed by atoms with Crippen molar-refractivity contribution < 1.29 is 14.3 Å². The van der Waals surface area contributed by atoms with Crippen LogP contribution >= 0.6 is 11.3 Å². The van der Waals surface area contributed by atoms with E-state index >= 15 is 0 Å². The zero-order valence-electron chi connectivity index (χ0n) is 19.8. The lowest BCUT2D eigenvalue weighted by atomic mass is 10.3. The van der Waals surface area contributed by atoms with Crippen molar-refractivity contribution in [2.24, 2.45) is 0 Å². The summed E-state index contributed by atoms with van der Waals surface area (Å²) < 4.78 is 6.91. The third-order valence-electron chi connectivity index (χ3n) is 4.61. The third-order valence-corrected chi connectivity index (χ3v) is 5.74. The second kappa shape index (κ2) is 13.2. The number of hydrogen-bond acceptors (Lipinski definition) is 8. The van der Waals surface area contributed by atoms with Gasteiger partial charge in [0.2, 0.25) is 0 Å². The first-order valence-corrected chi connectivity index (χ1v) is 11.7. The number of aromatic nitrogens is 1. The maximum atomic E-state index is 12.7. The molecule has 182 valence electrons. The van der Waals surface area contributed by atoms with E-state index < -0.39 is 5.97 Å². The summed E-state index contributed by atoms with van der Waals surface area (Å²) in [5, 5.41) is 18.0. The lowest BCUT2D eigenvalue weighted by Crippen LogP contribution is -2.32. The van der Waals surface area contributed by atoms with Gasteiger partial charge < -0.3 is 25.6 Å². The summed E-state index contributed by atoms with van der Waals surface area (Å²) >= 11 is 1.04. The fraction of sp³-hybridized carbons (Fsp3) is 0.391. The number of rotatable bonds is 10. The number of hydrogen-bond donors (Lipinski definition) is 3. The second-order valence-corrected chi connectivity index (χ2v) is 8.46. The predicted molar refractivity (Wildman–Crippen MR) is 134 cm³/mol. The molecule has 3 N–H and O–H groups in total. The van der Waals surface area contributed by atoms with Crippen LogP contribution in [0.4, 0.5) is 16.2 Å². The Morgan fingerprint density at radius 3 is 2.47 bits per heavy atom. The number of benzene rings is 1. The molecule has 0 radical (unpaired) electrons. The summed E-state index contributed by atoms with van der Waals surface area (Å²) in [5.41, 5.74) is 0.825. The molecule has 0 aliphatic carbocycles. The van der Waals surface area contributed by atoms with Gasteiger partial charge in [-0.3, -0.25) is 9.36 Å². The molecule has 2 amide bonds. The molecule has 2 rings (SSSR count). The van der Waals surface area contributed by atoms with E-state index in [9.17, 15) is 19.6 Å². The van der Waals surface area contributed by atoms with Crippen LogP contribution in [0, 0.1) is 11.3 Å². The van der Waals surface area contributed by atoms with Crippen LogP contribution in [-0.4, -0.2) is 55.3 Å². The molecule has 0 atom stereocenters. The molecule has 0 saturated carbocycles. The Morgan fingerprint density at radius 1 is 1.21 bits per heavy atom. The van der Waals surface area contributed by atoms with E-state index in [-0.39, 0.29) is 28.4 Å². The minimum absolute atomic E-state index is 0.134. The average molecular weight is 487 g/mol. The number of thiazole rings is 1. The quantitative estimate of drug-likeness (QED) is 0.339. The van der Waals surface area contributed by atoms with Crippen molar-refractivity contribution in [3.8, 4) is 6.07 Å². The number of nitrogens with zero attached hydrogens (tertiary/aromatic N) is 3. The van der Waals surface area contributed by atoms with Crippen molar-refractivity contribution in [1.82, 2.24) is 14.8 Å². The van der Waals surface area contributed by atoms with Crippen LogP contribution in [0.15, 0.2) is 29.1 Å². The normalized spacial score (nSPS) is 12.2. The number of carbonyl (C=O) groups excluding carboxylic acids is 2.